The van der Waals surface area contributed by atoms with Crippen LogP contribution in [-0.2, 0) is 19.5 Å². The molecule has 1 saturated heterocycles. The van der Waals surface area contributed by atoms with E-state index < -0.39 is 15.8 Å². The molecule has 1 aliphatic heterocycles. The predicted octanol–water partition coefficient (Wildman–Crippen LogP) is 1.67. The van der Waals surface area contributed by atoms with Gasteiger partial charge in [-0.3, -0.25) is 0 Å². The minimum Gasteiger partial charge on any atom is -0.497 e. The van der Waals surface area contributed by atoms with E-state index in [2.05, 4.69) is 4.72 Å². The molecule has 1 heterocycles. The minimum absolute atomic E-state index is 0.0697. The Hall–Kier alpha value is -1.35. The average Bonchev–Trinajstić information content (AvgIpc) is 3.22. The summed E-state index contributed by atoms with van der Waals surface area (Å²) in [5.41, 5.74) is 0. The standard InChI is InChI=1S/C16H23NO6S/c1-20-12-5-6-15(14(9-12)21-2)24(18,19)17-10-13-11-22-16(23-13)7-3-4-8-16/h5-6,9,13,17H,3-4,7-8,10-11H2,1-2H3/t13-/m1/s1. The van der Waals surface area contributed by atoms with E-state index in [4.69, 9.17) is 18.9 Å². The van der Waals surface area contributed by atoms with Crippen molar-refractivity contribution in [3.63, 3.8) is 0 Å². The van der Waals surface area contributed by atoms with Crippen LogP contribution in [0.4, 0.5) is 0 Å². The van der Waals surface area contributed by atoms with Gasteiger partial charge in [0.1, 0.15) is 16.4 Å². The number of sulfonamides is 1. The van der Waals surface area contributed by atoms with Crippen LogP contribution in [0, 0.1) is 0 Å². The van der Waals surface area contributed by atoms with Gasteiger partial charge < -0.3 is 18.9 Å². The summed E-state index contributed by atoms with van der Waals surface area (Å²) in [5, 5.41) is 0. The molecule has 24 heavy (non-hydrogen) atoms. The molecular weight excluding hydrogens is 334 g/mol. The second-order valence-electron chi connectivity index (χ2n) is 6.04. The van der Waals surface area contributed by atoms with Crippen molar-refractivity contribution in [3.05, 3.63) is 18.2 Å². The van der Waals surface area contributed by atoms with Crippen molar-refractivity contribution in [3.8, 4) is 11.5 Å². The molecule has 7 nitrogen and oxygen atoms in total. The highest BCUT2D eigenvalue weighted by atomic mass is 32.2. The van der Waals surface area contributed by atoms with E-state index in [1.165, 1.54) is 26.4 Å². The normalized spacial score (nSPS) is 22.8. The van der Waals surface area contributed by atoms with Crippen molar-refractivity contribution in [2.75, 3.05) is 27.4 Å². The third-order valence-corrected chi connectivity index (χ3v) is 5.90. The molecule has 1 aromatic rings. The molecule has 0 radical (unpaired) electrons. The van der Waals surface area contributed by atoms with Crippen molar-refractivity contribution >= 4 is 10.0 Å². The van der Waals surface area contributed by atoms with Gasteiger partial charge in [-0.05, 0) is 25.0 Å². The van der Waals surface area contributed by atoms with Gasteiger partial charge in [0.2, 0.25) is 10.0 Å². The van der Waals surface area contributed by atoms with E-state index in [0.29, 0.717) is 12.4 Å². The molecule has 0 aromatic heterocycles. The number of methoxy groups -OCH3 is 2. The molecule has 2 fully saturated rings. The van der Waals surface area contributed by atoms with E-state index >= 15 is 0 Å². The molecule has 0 unspecified atom stereocenters. The second kappa shape index (κ2) is 6.87. The number of nitrogens with one attached hydrogen (secondary N) is 1. The van der Waals surface area contributed by atoms with Gasteiger partial charge in [-0.1, -0.05) is 0 Å². The zero-order valence-corrected chi connectivity index (χ0v) is 14.7. The van der Waals surface area contributed by atoms with Crippen LogP contribution in [0.5, 0.6) is 11.5 Å². The van der Waals surface area contributed by atoms with Crippen LogP contribution in [0.3, 0.4) is 0 Å². The van der Waals surface area contributed by atoms with E-state index in [-0.39, 0.29) is 23.3 Å². The van der Waals surface area contributed by atoms with Crippen LogP contribution in [0.1, 0.15) is 25.7 Å². The predicted molar refractivity (Wildman–Crippen MR) is 86.8 cm³/mol. The third-order valence-electron chi connectivity index (χ3n) is 4.44. The van der Waals surface area contributed by atoms with Gasteiger partial charge in [0.25, 0.3) is 0 Å². The van der Waals surface area contributed by atoms with Gasteiger partial charge in [-0.2, -0.15) is 0 Å². The van der Waals surface area contributed by atoms with E-state index in [0.717, 1.165) is 25.7 Å². The summed E-state index contributed by atoms with van der Waals surface area (Å²) in [4.78, 5) is 0.0697. The Balaban J connectivity index is 1.66. The lowest BCUT2D eigenvalue weighted by Gasteiger charge is -2.22. The zero-order chi connectivity index (χ0) is 17.2. The lowest BCUT2D eigenvalue weighted by atomic mass is 10.2. The van der Waals surface area contributed by atoms with Crippen LogP contribution in [0.2, 0.25) is 0 Å². The van der Waals surface area contributed by atoms with Crippen LogP contribution >= 0.6 is 0 Å². The highest BCUT2D eigenvalue weighted by Gasteiger charge is 2.43. The second-order valence-corrected chi connectivity index (χ2v) is 7.77. The molecule has 0 amide bonds. The molecule has 1 saturated carbocycles. The largest absolute Gasteiger partial charge is 0.497 e. The quantitative estimate of drug-likeness (QED) is 0.834. The first-order chi connectivity index (χ1) is 11.5. The van der Waals surface area contributed by atoms with Crippen LogP contribution in [-0.4, -0.2) is 47.7 Å². The number of hydrogen-bond acceptors (Lipinski definition) is 6. The lowest BCUT2D eigenvalue weighted by molar-refractivity contribution is -0.160. The van der Waals surface area contributed by atoms with Gasteiger partial charge >= 0.3 is 0 Å². The van der Waals surface area contributed by atoms with Crippen LogP contribution < -0.4 is 14.2 Å². The lowest BCUT2D eigenvalue weighted by Crippen LogP contribution is -2.35. The molecule has 1 spiro atoms. The Labute approximate surface area is 142 Å². The Morgan fingerprint density at radius 1 is 1.25 bits per heavy atom. The topological polar surface area (TPSA) is 83.1 Å². The number of hydrogen-bond donors (Lipinski definition) is 1. The summed E-state index contributed by atoms with van der Waals surface area (Å²) in [6, 6.07) is 4.58. The molecule has 2 aliphatic rings. The minimum atomic E-state index is -3.72. The molecular formula is C16H23NO6S. The molecule has 1 atom stereocenters. The first-order valence-corrected chi connectivity index (χ1v) is 9.50. The van der Waals surface area contributed by atoms with Crippen molar-refractivity contribution in [2.24, 2.45) is 0 Å². The highest BCUT2D eigenvalue weighted by Crippen LogP contribution is 2.39. The third kappa shape index (κ3) is 3.51. The first kappa shape index (κ1) is 17.5. The molecule has 134 valence electrons. The fraction of sp³-hybridized carbons (Fsp3) is 0.625. The summed E-state index contributed by atoms with van der Waals surface area (Å²) in [7, 11) is -0.783. The first-order valence-electron chi connectivity index (χ1n) is 8.01. The molecule has 1 aliphatic carbocycles. The SMILES string of the molecule is COc1ccc(S(=O)(=O)NC[C@@H]2COC3(CCCC3)O2)c(OC)c1. The van der Waals surface area contributed by atoms with Gasteiger partial charge in [0.05, 0.1) is 26.9 Å². The monoisotopic (exact) mass is 357 g/mol. The Morgan fingerprint density at radius 3 is 2.67 bits per heavy atom. The van der Waals surface area contributed by atoms with Crippen molar-refractivity contribution in [1.29, 1.82) is 0 Å². The van der Waals surface area contributed by atoms with Crippen molar-refractivity contribution in [2.45, 2.75) is 42.5 Å². The van der Waals surface area contributed by atoms with Gasteiger partial charge in [-0.25, -0.2) is 13.1 Å². The van der Waals surface area contributed by atoms with E-state index in [1.807, 2.05) is 0 Å². The smallest absolute Gasteiger partial charge is 0.244 e. The molecule has 3 rings (SSSR count). The summed E-state index contributed by atoms with van der Waals surface area (Å²) < 4.78 is 49.6. The molecule has 0 bridgehead atoms. The summed E-state index contributed by atoms with van der Waals surface area (Å²) in [6.07, 6.45) is 3.65. The van der Waals surface area contributed by atoms with Crippen molar-refractivity contribution < 1.29 is 27.4 Å². The fourth-order valence-electron chi connectivity index (χ4n) is 3.17. The van der Waals surface area contributed by atoms with Gasteiger partial charge in [0.15, 0.2) is 5.79 Å². The van der Waals surface area contributed by atoms with Crippen molar-refractivity contribution in [1.82, 2.24) is 4.72 Å². The highest BCUT2D eigenvalue weighted by molar-refractivity contribution is 7.89. The maximum Gasteiger partial charge on any atom is 0.244 e. The fourth-order valence-corrected chi connectivity index (χ4v) is 4.39. The molecule has 8 heteroatoms. The van der Waals surface area contributed by atoms with Gasteiger partial charge in [-0.15, -0.1) is 0 Å². The van der Waals surface area contributed by atoms with Crippen LogP contribution in [0.25, 0.3) is 0 Å². The molecule has 1 aromatic carbocycles. The van der Waals surface area contributed by atoms with Gasteiger partial charge in [0, 0.05) is 25.5 Å². The average molecular weight is 357 g/mol. The number of ether oxygens (including phenoxy) is 4. The Bertz CT molecular complexity index is 684. The molecule has 1 N–H and O–H groups in total. The zero-order valence-electron chi connectivity index (χ0n) is 13.9. The van der Waals surface area contributed by atoms with E-state index in [9.17, 15) is 8.42 Å². The Morgan fingerprint density at radius 2 is 2.00 bits per heavy atom. The number of benzene rings is 1. The maximum atomic E-state index is 12.6. The number of rotatable bonds is 6. The summed E-state index contributed by atoms with van der Waals surface area (Å²) in [5.74, 6) is 0.271. The van der Waals surface area contributed by atoms with E-state index in [1.54, 1.807) is 6.07 Å². The summed E-state index contributed by atoms with van der Waals surface area (Å²) >= 11 is 0. The maximum absolute atomic E-state index is 12.6. The van der Waals surface area contributed by atoms with Crippen LogP contribution in [0.15, 0.2) is 23.1 Å². The summed E-state index contributed by atoms with van der Waals surface area (Å²) in [6.45, 7) is 0.571. The Kier molecular flexibility index (Phi) is 5.00.